The predicted octanol–water partition coefficient (Wildman–Crippen LogP) is 6.84. The van der Waals surface area contributed by atoms with Crippen molar-refractivity contribution in [3.05, 3.63) is 84.1 Å². The Hall–Kier alpha value is -3.77. The molecule has 6 heteroatoms. The number of carbonyl (C=O) groups is 1. The first-order valence-corrected chi connectivity index (χ1v) is 15.0. The average Bonchev–Trinajstić information content (AvgIpc) is 3.40. The van der Waals surface area contributed by atoms with Crippen LogP contribution in [0.15, 0.2) is 72.8 Å². The molecule has 0 bridgehead atoms. The molecule has 3 aromatic carbocycles. The largest absolute Gasteiger partial charge is 0.486 e. The number of hydrogen-bond donors (Lipinski definition) is 0. The second-order valence-corrected chi connectivity index (χ2v) is 11.2. The van der Waals surface area contributed by atoms with Crippen molar-refractivity contribution >= 4 is 16.8 Å². The summed E-state index contributed by atoms with van der Waals surface area (Å²) in [6, 6.07) is 25.7. The SMILES string of the molecule is COCCCn1c(C2CCCN(C(=O)CCCc3ccc(-c4ccc5c(c4)OCCO5)cc3)C2)cc2ccccc21. The van der Waals surface area contributed by atoms with E-state index in [1.807, 2.05) is 12.1 Å². The molecule has 214 valence electrons. The van der Waals surface area contributed by atoms with Crippen LogP contribution in [-0.4, -0.2) is 55.4 Å². The normalized spacial score (nSPS) is 16.7. The molecule has 0 aliphatic carbocycles. The van der Waals surface area contributed by atoms with Crippen molar-refractivity contribution < 1.29 is 19.0 Å². The summed E-state index contributed by atoms with van der Waals surface area (Å²) in [5.74, 6) is 2.27. The molecule has 2 aliphatic heterocycles. The van der Waals surface area contributed by atoms with E-state index in [0.717, 1.165) is 81.0 Å². The summed E-state index contributed by atoms with van der Waals surface area (Å²) in [6.07, 6.45) is 5.51. The summed E-state index contributed by atoms with van der Waals surface area (Å²) in [5, 5.41) is 1.28. The third-order valence-electron chi connectivity index (χ3n) is 8.45. The molecule has 6 nitrogen and oxygen atoms in total. The molecular formula is C35H40N2O4. The number of piperidine rings is 1. The van der Waals surface area contributed by atoms with Crippen LogP contribution in [0.2, 0.25) is 0 Å². The van der Waals surface area contributed by atoms with E-state index in [0.29, 0.717) is 25.6 Å². The van der Waals surface area contributed by atoms with E-state index in [1.165, 1.54) is 22.2 Å². The lowest BCUT2D eigenvalue weighted by Gasteiger charge is -2.33. The maximum atomic E-state index is 13.3. The molecule has 1 unspecified atom stereocenters. The van der Waals surface area contributed by atoms with E-state index in [-0.39, 0.29) is 5.91 Å². The second-order valence-electron chi connectivity index (χ2n) is 11.2. The number of aryl methyl sites for hydroxylation is 2. The molecule has 2 aliphatic rings. The molecule has 6 rings (SSSR count). The van der Waals surface area contributed by atoms with E-state index in [2.05, 4.69) is 70.1 Å². The van der Waals surface area contributed by atoms with Crippen LogP contribution < -0.4 is 9.47 Å². The summed E-state index contributed by atoms with van der Waals surface area (Å²) in [7, 11) is 1.76. The summed E-state index contributed by atoms with van der Waals surface area (Å²) in [6.45, 7) is 4.55. The Morgan fingerprint density at radius 2 is 1.73 bits per heavy atom. The summed E-state index contributed by atoms with van der Waals surface area (Å²) in [5.41, 5.74) is 6.17. The standard InChI is InChI=1S/C35H40N2O4/c1-39-20-6-19-37-31-10-3-2-8-29(31)23-32(37)30-9-5-18-36(25-30)35(38)11-4-7-26-12-14-27(15-13-26)28-16-17-33-34(24-28)41-22-21-40-33/h2-3,8,10,12-17,23-24,30H,4-7,9,11,18-22,25H2,1H3. The zero-order valence-corrected chi connectivity index (χ0v) is 24.0. The highest BCUT2D eigenvalue weighted by molar-refractivity contribution is 5.81. The van der Waals surface area contributed by atoms with Crippen LogP contribution in [0.1, 0.15) is 49.3 Å². The van der Waals surface area contributed by atoms with Crippen LogP contribution in [0.4, 0.5) is 0 Å². The number of amides is 1. The number of benzene rings is 3. The Bertz CT molecular complexity index is 1480. The van der Waals surface area contributed by atoms with E-state index < -0.39 is 0 Å². The summed E-state index contributed by atoms with van der Waals surface area (Å²) >= 11 is 0. The second kappa shape index (κ2) is 12.8. The maximum Gasteiger partial charge on any atom is 0.222 e. The molecular weight excluding hydrogens is 512 g/mol. The van der Waals surface area contributed by atoms with Crippen LogP contribution in [0, 0.1) is 0 Å². The minimum Gasteiger partial charge on any atom is -0.486 e. The molecule has 1 fully saturated rings. The smallest absolute Gasteiger partial charge is 0.222 e. The Kier molecular flexibility index (Phi) is 8.57. The fourth-order valence-electron chi connectivity index (χ4n) is 6.32. The molecule has 41 heavy (non-hydrogen) atoms. The van der Waals surface area contributed by atoms with Gasteiger partial charge in [-0.3, -0.25) is 4.79 Å². The van der Waals surface area contributed by atoms with Gasteiger partial charge in [0.1, 0.15) is 13.2 Å². The van der Waals surface area contributed by atoms with Gasteiger partial charge in [0, 0.05) is 56.9 Å². The van der Waals surface area contributed by atoms with E-state index in [4.69, 9.17) is 14.2 Å². The van der Waals surface area contributed by atoms with Gasteiger partial charge in [-0.2, -0.15) is 0 Å². The monoisotopic (exact) mass is 552 g/mol. The number of rotatable bonds is 10. The number of ether oxygens (including phenoxy) is 3. The average molecular weight is 553 g/mol. The predicted molar refractivity (Wildman–Crippen MR) is 163 cm³/mol. The zero-order valence-electron chi connectivity index (χ0n) is 24.0. The van der Waals surface area contributed by atoms with Crippen LogP contribution >= 0.6 is 0 Å². The molecule has 0 radical (unpaired) electrons. The zero-order chi connectivity index (χ0) is 28.0. The topological polar surface area (TPSA) is 52.9 Å². The van der Waals surface area contributed by atoms with Gasteiger partial charge in [-0.15, -0.1) is 0 Å². The first kappa shape index (κ1) is 27.4. The van der Waals surface area contributed by atoms with Crippen LogP contribution in [-0.2, 0) is 22.5 Å². The first-order chi connectivity index (χ1) is 20.2. The number of methoxy groups -OCH3 is 1. The van der Waals surface area contributed by atoms with Crippen molar-refractivity contribution in [2.45, 2.75) is 51.0 Å². The molecule has 1 amide bonds. The van der Waals surface area contributed by atoms with E-state index in [1.54, 1.807) is 7.11 Å². The number of fused-ring (bicyclic) bond motifs is 2. The minimum absolute atomic E-state index is 0.282. The highest BCUT2D eigenvalue weighted by Gasteiger charge is 2.27. The lowest BCUT2D eigenvalue weighted by atomic mass is 9.94. The van der Waals surface area contributed by atoms with Gasteiger partial charge in [-0.1, -0.05) is 48.5 Å². The molecule has 3 heterocycles. The Balaban J connectivity index is 1.04. The third kappa shape index (κ3) is 6.28. The Morgan fingerprint density at radius 3 is 2.59 bits per heavy atom. The fraction of sp³-hybridized carbons (Fsp3) is 0.400. The van der Waals surface area contributed by atoms with Crippen LogP contribution in [0.5, 0.6) is 11.5 Å². The van der Waals surface area contributed by atoms with Crippen molar-refractivity contribution in [1.29, 1.82) is 0 Å². The fourth-order valence-corrected chi connectivity index (χ4v) is 6.32. The number of carbonyl (C=O) groups excluding carboxylic acids is 1. The van der Waals surface area contributed by atoms with Gasteiger partial charge in [-0.25, -0.2) is 0 Å². The number of likely N-dealkylation sites (tertiary alicyclic amines) is 1. The van der Waals surface area contributed by atoms with Crippen LogP contribution in [0.3, 0.4) is 0 Å². The molecule has 0 saturated carbocycles. The lowest BCUT2D eigenvalue weighted by molar-refractivity contribution is -0.132. The van der Waals surface area contributed by atoms with Crippen molar-refractivity contribution in [3.8, 4) is 22.6 Å². The van der Waals surface area contributed by atoms with Gasteiger partial charge in [0.25, 0.3) is 0 Å². The number of hydrogen-bond acceptors (Lipinski definition) is 4. The lowest BCUT2D eigenvalue weighted by Crippen LogP contribution is -2.39. The van der Waals surface area contributed by atoms with Crippen molar-refractivity contribution in [1.82, 2.24) is 9.47 Å². The summed E-state index contributed by atoms with van der Waals surface area (Å²) in [4.78, 5) is 15.4. The molecule has 1 atom stereocenters. The first-order valence-electron chi connectivity index (χ1n) is 15.0. The van der Waals surface area contributed by atoms with E-state index >= 15 is 0 Å². The number of nitrogens with zero attached hydrogens (tertiary/aromatic N) is 2. The van der Waals surface area contributed by atoms with Crippen molar-refractivity contribution in [3.63, 3.8) is 0 Å². The third-order valence-corrected chi connectivity index (χ3v) is 8.45. The van der Waals surface area contributed by atoms with Gasteiger partial charge in [-0.05, 0) is 78.4 Å². The van der Waals surface area contributed by atoms with Gasteiger partial charge >= 0.3 is 0 Å². The maximum absolute atomic E-state index is 13.3. The van der Waals surface area contributed by atoms with Crippen molar-refractivity contribution in [2.24, 2.45) is 0 Å². The highest BCUT2D eigenvalue weighted by Crippen LogP contribution is 2.35. The Morgan fingerprint density at radius 1 is 0.927 bits per heavy atom. The Labute approximate surface area is 242 Å². The molecule has 1 saturated heterocycles. The van der Waals surface area contributed by atoms with Gasteiger partial charge in [0.05, 0.1) is 0 Å². The molecule has 4 aromatic rings. The van der Waals surface area contributed by atoms with E-state index in [9.17, 15) is 4.79 Å². The number of aromatic nitrogens is 1. The quantitative estimate of drug-likeness (QED) is 0.202. The van der Waals surface area contributed by atoms with Crippen molar-refractivity contribution in [2.75, 3.05) is 40.0 Å². The molecule has 0 N–H and O–H groups in total. The van der Waals surface area contributed by atoms with Gasteiger partial charge in [0.2, 0.25) is 5.91 Å². The van der Waals surface area contributed by atoms with Gasteiger partial charge < -0.3 is 23.7 Å². The number of para-hydroxylation sites is 1. The molecule has 1 aromatic heterocycles. The van der Waals surface area contributed by atoms with Gasteiger partial charge in [0.15, 0.2) is 11.5 Å². The summed E-state index contributed by atoms with van der Waals surface area (Å²) < 4.78 is 19.2. The molecule has 0 spiro atoms. The highest BCUT2D eigenvalue weighted by atomic mass is 16.6. The van der Waals surface area contributed by atoms with Crippen LogP contribution in [0.25, 0.3) is 22.0 Å². The minimum atomic E-state index is 0.282.